The lowest BCUT2D eigenvalue weighted by atomic mass is 10.1. The first-order valence-electron chi connectivity index (χ1n) is 9.01. The average molecular weight is 365 g/mol. The maximum atomic E-state index is 13.4. The van der Waals surface area contributed by atoms with Crippen molar-refractivity contribution in [2.24, 2.45) is 4.99 Å². The van der Waals surface area contributed by atoms with Gasteiger partial charge < -0.3 is 15.2 Å². The number of hydrogen-bond acceptors (Lipinski definition) is 2. The molecule has 2 N–H and O–H groups in total. The van der Waals surface area contributed by atoms with Gasteiger partial charge in [0.15, 0.2) is 5.96 Å². The maximum absolute atomic E-state index is 13.4. The summed E-state index contributed by atoms with van der Waals surface area (Å²) in [5.74, 6) is 0.531. The summed E-state index contributed by atoms with van der Waals surface area (Å²) in [5, 5.41) is 6.62. The minimum absolute atomic E-state index is 0.191. The van der Waals surface area contributed by atoms with Crippen molar-refractivity contribution in [1.82, 2.24) is 20.2 Å². The molecule has 0 amide bonds. The predicted molar refractivity (Wildman–Crippen MR) is 106 cm³/mol. The highest BCUT2D eigenvalue weighted by molar-refractivity contribution is 5.79. The van der Waals surface area contributed by atoms with Crippen molar-refractivity contribution in [2.45, 2.75) is 26.9 Å². The van der Waals surface area contributed by atoms with Gasteiger partial charge in [-0.05, 0) is 42.7 Å². The molecule has 2 aromatic carbocycles. The Morgan fingerprint density at radius 2 is 2.04 bits per heavy atom. The number of benzene rings is 2. The predicted octanol–water partition coefficient (Wildman–Crippen LogP) is 3.58. The van der Waals surface area contributed by atoms with Crippen molar-refractivity contribution in [1.29, 1.82) is 0 Å². The van der Waals surface area contributed by atoms with Crippen LogP contribution < -0.4 is 10.6 Å². The first kappa shape index (κ1) is 18.6. The lowest BCUT2D eigenvalue weighted by Crippen LogP contribution is -2.37. The molecule has 0 aliphatic heterocycles. The van der Waals surface area contributed by atoms with Crippen molar-refractivity contribution in [3.63, 3.8) is 0 Å². The van der Waals surface area contributed by atoms with Gasteiger partial charge in [0.05, 0.1) is 18.6 Å². The van der Waals surface area contributed by atoms with E-state index in [-0.39, 0.29) is 5.82 Å². The molecule has 0 spiro atoms. The zero-order valence-electron chi connectivity index (χ0n) is 15.6. The summed E-state index contributed by atoms with van der Waals surface area (Å²) >= 11 is 0. The van der Waals surface area contributed by atoms with Crippen LogP contribution >= 0.6 is 0 Å². The Morgan fingerprint density at radius 3 is 2.78 bits per heavy atom. The van der Waals surface area contributed by atoms with Crippen LogP contribution in [0.2, 0.25) is 0 Å². The fraction of sp³-hybridized carbons (Fsp3) is 0.238. The summed E-state index contributed by atoms with van der Waals surface area (Å²) in [6, 6.07) is 13.2. The summed E-state index contributed by atoms with van der Waals surface area (Å²) in [5.41, 5.74) is 3.83. The molecular formula is C21H24FN5. The third-order valence-corrected chi connectivity index (χ3v) is 4.21. The van der Waals surface area contributed by atoms with E-state index in [1.165, 1.54) is 6.07 Å². The summed E-state index contributed by atoms with van der Waals surface area (Å²) in [4.78, 5) is 8.74. The first-order chi connectivity index (χ1) is 13.2. The highest BCUT2D eigenvalue weighted by Gasteiger charge is 2.05. The van der Waals surface area contributed by atoms with Crippen LogP contribution in [-0.4, -0.2) is 22.1 Å². The number of aryl methyl sites for hydroxylation is 1. The maximum Gasteiger partial charge on any atom is 0.191 e. The topological polar surface area (TPSA) is 54.2 Å². The van der Waals surface area contributed by atoms with E-state index in [0.717, 1.165) is 29.3 Å². The third-order valence-electron chi connectivity index (χ3n) is 4.21. The van der Waals surface area contributed by atoms with Crippen LogP contribution in [-0.2, 0) is 13.1 Å². The van der Waals surface area contributed by atoms with Gasteiger partial charge in [-0.3, -0.25) is 0 Å². The molecule has 0 saturated carbocycles. The zero-order valence-corrected chi connectivity index (χ0v) is 15.6. The zero-order chi connectivity index (χ0) is 19.1. The lowest BCUT2D eigenvalue weighted by molar-refractivity contribution is 0.617. The van der Waals surface area contributed by atoms with Crippen molar-refractivity contribution >= 4 is 5.96 Å². The minimum Gasteiger partial charge on any atom is -0.357 e. The van der Waals surface area contributed by atoms with E-state index < -0.39 is 0 Å². The van der Waals surface area contributed by atoms with Crippen molar-refractivity contribution in [3.8, 4) is 5.69 Å². The van der Waals surface area contributed by atoms with Crippen LogP contribution in [0.5, 0.6) is 0 Å². The van der Waals surface area contributed by atoms with Crippen LogP contribution in [0.4, 0.5) is 4.39 Å². The molecule has 3 rings (SSSR count). The molecule has 0 atom stereocenters. The van der Waals surface area contributed by atoms with Crippen molar-refractivity contribution in [3.05, 3.63) is 83.7 Å². The Balaban J connectivity index is 1.71. The molecular weight excluding hydrogens is 341 g/mol. The van der Waals surface area contributed by atoms with Gasteiger partial charge in [-0.15, -0.1) is 0 Å². The molecule has 1 heterocycles. The second kappa shape index (κ2) is 8.98. The second-order valence-corrected chi connectivity index (χ2v) is 6.23. The van der Waals surface area contributed by atoms with Gasteiger partial charge in [-0.1, -0.05) is 30.3 Å². The number of halogens is 1. The van der Waals surface area contributed by atoms with E-state index >= 15 is 0 Å². The summed E-state index contributed by atoms with van der Waals surface area (Å²) < 4.78 is 15.4. The molecule has 6 heteroatoms. The van der Waals surface area contributed by atoms with Crippen LogP contribution in [0.1, 0.15) is 23.6 Å². The van der Waals surface area contributed by atoms with Crippen LogP contribution in [0.15, 0.2) is 66.2 Å². The number of para-hydroxylation sites is 1. The Labute approximate surface area is 159 Å². The van der Waals surface area contributed by atoms with Gasteiger partial charge in [0, 0.05) is 25.5 Å². The SMILES string of the molecule is CCNC(=NCc1ccc(F)c(C)c1)NCc1ccccc1-n1ccnc1. The molecule has 0 saturated heterocycles. The third kappa shape index (κ3) is 4.94. The van der Waals surface area contributed by atoms with Gasteiger partial charge in [0.25, 0.3) is 0 Å². The minimum atomic E-state index is -0.191. The first-order valence-corrected chi connectivity index (χ1v) is 9.01. The van der Waals surface area contributed by atoms with Crippen LogP contribution in [0, 0.1) is 12.7 Å². The summed E-state index contributed by atoms with van der Waals surface area (Å²) in [6.45, 7) is 5.66. The number of imidazole rings is 1. The molecule has 0 unspecified atom stereocenters. The van der Waals surface area contributed by atoms with E-state index in [1.54, 1.807) is 25.5 Å². The normalized spacial score (nSPS) is 11.4. The largest absolute Gasteiger partial charge is 0.357 e. The van der Waals surface area contributed by atoms with Crippen LogP contribution in [0.3, 0.4) is 0 Å². The number of aliphatic imine (C=N–C) groups is 1. The van der Waals surface area contributed by atoms with Gasteiger partial charge in [0.2, 0.25) is 0 Å². The van der Waals surface area contributed by atoms with Gasteiger partial charge >= 0.3 is 0 Å². The number of rotatable bonds is 6. The Kier molecular flexibility index (Phi) is 6.20. The second-order valence-electron chi connectivity index (χ2n) is 6.23. The van der Waals surface area contributed by atoms with Gasteiger partial charge in [-0.25, -0.2) is 14.4 Å². The van der Waals surface area contributed by atoms with E-state index in [0.29, 0.717) is 18.7 Å². The van der Waals surface area contributed by atoms with E-state index in [1.807, 2.05) is 35.9 Å². The number of nitrogens with one attached hydrogen (secondary N) is 2. The van der Waals surface area contributed by atoms with Crippen molar-refractivity contribution < 1.29 is 4.39 Å². The van der Waals surface area contributed by atoms with Crippen molar-refractivity contribution in [2.75, 3.05) is 6.54 Å². The van der Waals surface area contributed by atoms with E-state index in [2.05, 4.69) is 32.7 Å². The summed E-state index contributed by atoms with van der Waals surface area (Å²) in [7, 11) is 0. The Hall–Kier alpha value is -3.15. The average Bonchev–Trinajstić information content (AvgIpc) is 3.21. The highest BCUT2D eigenvalue weighted by Crippen LogP contribution is 2.14. The summed E-state index contributed by atoms with van der Waals surface area (Å²) in [6.07, 6.45) is 5.48. The molecule has 0 fully saturated rings. The number of guanidine groups is 1. The molecule has 1 aromatic heterocycles. The smallest absolute Gasteiger partial charge is 0.191 e. The quantitative estimate of drug-likeness (QED) is 0.519. The fourth-order valence-electron chi connectivity index (χ4n) is 2.81. The Morgan fingerprint density at radius 1 is 1.19 bits per heavy atom. The molecule has 0 bridgehead atoms. The van der Waals surface area contributed by atoms with Gasteiger partial charge in [0.1, 0.15) is 5.82 Å². The van der Waals surface area contributed by atoms with Gasteiger partial charge in [-0.2, -0.15) is 0 Å². The standard InChI is InChI=1S/C21H24FN5/c1-3-24-21(25-13-17-8-9-19(22)16(2)12-17)26-14-18-6-4-5-7-20(18)27-11-10-23-15-27/h4-12,15H,3,13-14H2,1-2H3,(H2,24,25,26). The van der Waals surface area contributed by atoms with E-state index in [4.69, 9.17) is 0 Å². The lowest BCUT2D eigenvalue weighted by Gasteiger charge is -2.14. The van der Waals surface area contributed by atoms with E-state index in [9.17, 15) is 4.39 Å². The fourth-order valence-corrected chi connectivity index (χ4v) is 2.81. The number of hydrogen-bond donors (Lipinski definition) is 2. The molecule has 27 heavy (non-hydrogen) atoms. The molecule has 5 nitrogen and oxygen atoms in total. The molecule has 3 aromatic rings. The molecule has 0 radical (unpaired) electrons. The highest BCUT2D eigenvalue weighted by atomic mass is 19.1. The number of nitrogens with zero attached hydrogens (tertiary/aromatic N) is 3. The molecule has 0 aliphatic rings. The number of aromatic nitrogens is 2. The Bertz CT molecular complexity index is 903. The molecule has 140 valence electrons. The van der Waals surface area contributed by atoms with Crippen LogP contribution in [0.25, 0.3) is 5.69 Å². The monoisotopic (exact) mass is 365 g/mol. The molecule has 0 aliphatic carbocycles.